The Hall–Kier alpha value is -2.40. The van der Waals surface area contributed by atoms with Gasteiger partial charge < -0.3 is 4.74 Å². The fourth-order valence-corrected chi connectivity index (χ4v) is 4.25. The van der Waals surface area contributed by atoms with Crippen molar-refractivity contribution in [3.05, 3.63) is 58.9 Å². The molecule has 5 nitrogen and oxygen atoms in total. The van der Waals surface area contributed by atoms with Gasteiger partial charge >= 0.3 is 0 Å². The van der Waals surface area contributed by atoms with Gasteiger partial charge in [0.2, 0.25) is 5.91 Å². The van der Waals surface area contributed by atoms with Crippen LogP contribution in [-0.4, -0.2) is 28.3 Å². The molecule has 6 heteroatoms. The Bertz CT molecular complexity index is 889. The minimum atomic E-state index is -0.405. The summed E-state index contributed by atoms with van der Waals surface area (Å²) >= 11 is 6.38. The standard InChI is InChI=1S/C29H41ClN2O3/c1-3-4-5-6-7-8-9-10-11-12-13-16-21-35-28-19-18-25(22-27(28)30)29(34)32(24(2)33)23-26-17-14-15-20-31-26/h14-15,17-20,22H,3-13,16,21,23H2,1-2H3. The Balaban J connectivity index is 1.68. The van der Waals surface area contributed by atoms with Crippen LogP contribution in [0.2, 0.25) is 5.02 Å². The van der Waals surface area contributed by atoms with E-state index in [4.69, 9.17) is 16.3 Å². The van der Waals surface area contributed by atoms with E-state index in [-0.39, 0.29) is 12.5 Å². The van der Waals surface area contributed by atoms with Crippen LogP contribution in [0, 0.1) is 0 Å². The number of ether oxygens (including phenoxy) is 1. The molecular formula is C29H41ClN2O3. The zero-order valence-corrected chi connectivity index (χ0v) is 22.2. The minimum Gasteiger partial charge on any atom is -0.492 e. The predicted molar refractivity (Wildman–Crippen MR) is 143 cm³/mol. The van der Waals surface area contributed by atoms with E-state index >= 15 is 0 Å². The summed E-state index contributed by atoms with van der Waals surface area (Å²) in [6, 6.07) is 10.3. The molecule has 2 amide bonds. The van der Waals surface area contributed by atoms with Crippen LogP contribution in [-0.2, 0) is 11.3 Å². The van der Waals surface area contributed by atoms with Crippen LogP contribution in [0.4, 0.5) is 0 Å². The van der Waals surface area contributed by atoms with Crippen molar-refractivity contribution in [2.24, 2.45) is 0 Å². The number of rotatable bonds is 17. The first-order chi connectivity index (χ1) is 17.0. The molecule has 0 atom stereocenters. The molecule has 0 fully saturated rings. The normalized spacial score (nSPS) is 10.8. The molecule has 0 radical (unpaired) electrons. The fraction of sp³-hybridized carbons (Fsp3) is 0.552. The summed E-state index contributed by atoms with van der Waals surface area (Å²) in [6.45, 7) is 4.34. The molecule has 0 spiro atoms. The van der Waals surface area contributed by atoms with Crippen LogP contribution < -0.4 is 4.74 Å². The third kappa shape index (κ3) is 11.3. The van der Waals surface area contributed by atoms with Gasteiger partial charge in [0.15, 0.2) is 0 Å². The number of carbonyl (C=O) groups is 2. The molecule has 35 heavy (non-hydrogen) atoms. The van der Waals surface area contributed by atoms with Crippen molar-refractivity contribution in [3.63, 3.8) is 0 Å². The maximum atomic E-state index is 12.9. The van der Waals surface area contributed by atoms with Gasteiger partial charge in [0, 0.05) is 18.7 Å². The maximum absolute atomic E-state index is 12.9. The van der Waals surface area contributed by atoms with Crippen LogP contribution in [0.15, 0.2) is 42.6 Å². The molecule has 0 aliphatic heterocycles. The summed E-state index contributed by atoms with van der Waals surface area (Å²) in [5.74, 6) is -0.188. The van der Waals surface area contributed by atoms with Crippen molar-refractivity contribution in [1.82, 2.24) is 9.88 Å². The largest absolute Gasteiger partial charge is 0.492 e. The predicted octanol–water partition coefficient (Wildman–Crippen LogP) is 8.00. The molecular weight excluding hydrogens is 460 g/mol. The number of carbonyl (C=O) groups excluding carboxylic acids is 2. The number of hydrogen-bond acceptors (Lipinski definition) is 4. The third-order valence-electron chi connectivity index (χ3n) is 6.11. The summed E-state index contributed by atoms with van der Waals surface area (Å²) in [7, 11) is 0. The van der Waals surface area contributed by atoms with Crippen molar-refractivity contribution in [2.45, 2.75) is 97.4 Å². The highest BCUT2D eigenvalue weighted by atomic mass is 35.5. The van der Waals surface area contributed by atoms with Crippen LogP contribution >= 0.6 is 11.6 Å². The second kappa shape index (κ2) is 17.1. The molecule has 0 unspecified atom stereocenters. The van der Waals surface area contributed by atoms with Gasteiger partial charge in [-0.15, -0.1) is 0 Å². The van der Waals surface area contributed by atoms with Crippen molar-refractivity contribution in [3.8, 4) is 5.75 Å². The molecule has 0 bridgehead atoms. The van der Waals surface area contributed by atoms with E-state index in [9.17, 15) is 9.59 Å². The quantitative estimate of drug-likeness (QED) is 0.206. The van der Waals surface area contributed by atoms with E-state index in [1.54, 1.807) is 36.5 Å². The van der Waals surface area contributed by atoms with Crippen LogP contribution in [0.5, 0.6) is 5.75 Å². The van der Waals surface area contributed by atoms with Crippen LogP contribution in [0.25, 0.3) is 0 Å². The number of benzene rings is 1. The Morgan fingerprint density at radius 1 is 0.886 bits per heavy atom. The first-order valence-electron chi connectivity index (χ1n) is 13.2. The summed E-state index contributed by atoms with van der Waals surface area (Å²) in [6.07, 6.45) is 17.2. The van der Waals surface area contributed by atoms with Gasteiger partial charge in [-0.25, -0.2) is 0 Å². The molecule has 0 aliphatic carbocycles. The zero-order valence-electron chi connectivity index (χ0n) is 21.4. The summed E-state index contributed by atoms with van der Waals surface area (Å²) in [5, 5.41) is 0.371. The number of aromatic nitrogens is 1. The van der Waals surface area contributed by atoms with Crippen molar-refractivity contribution >= 4 is 23.4 Å². The second-order valence-corrected chi connectivity index (χ2v) is 9.52. The van der Waals surface area contributed by atoms with Gasteiger partial charge in [-0.2, -0.15) is 0 Å². The van der Waals surface area contributed by atoms with E-state index in [2.05, 4.69) is 11.9 Å². The molecule has 0 saturated carbocycles. The van der Waals surface area contributed by atoms with E-state index < -0.39 is 5.91 Å². The highest BCUT2D eigenvalue weighted by Gasteiger charge is 2.21. The third-order valence-corrected chi connectivity index (χ3v) is 6.40. The number of unbranched alkanes of at least 4 members (excludes halogenated alkanes) is 11. The van der Waals surface area contributed by atoms with E-state index in [1.165, 1.54) is 76.0 Å². The van der Waals surface area contributed by atoms with E-state index in [0.717, 1.165) is 12.8 Å². The number of pyridine rings is 1. The van der Waals surface area contributed by atoms with Gasteiger partial charge in [-0.1, -0.05) is 95.2 Å². The van der Waals surface area contributed by atoms with Crippen molar-refractivity contribution in [2.75, 3.05) is 6.61 Å². The molecule has 0 N–H and O–H groups in total. The highest BCUT2D eigenvalue weighted by molar-refractivity contribution is 6.32. The number of nitrogens with zero attached hydrogens (tertiary/aromatic N) is 2. The average Bonchev–Trinajstić information content (AvgIpc) is 2.86. The van der Waals surface area contributed by atoms with Gasteiger partial charge in [-0.3, -0.25) is 19.5 Å². The molecule has 1 aromatic heterocycles. The van der Waals surface area contributed by atoms with Gasteiger partial charge in [0.25, 0.3) is 5.91 Å². The topological polar surface area (TPSA) is 59.5 Å². The summed E-state index contributed by atoms with van der Waals surface area (Å²) < 4.78 is 5.83. The van der Waals surface area contributed by atoms with Crippen molar-refractivity contribution < 1.29 is 14.3 Å². The van der Waals surface area contributed by atoms with E-state index in [1.807, 2.05) is 6.07 Å². The van der Waals surface area contributed by atoms with Gasteiger partial charge in [0.1, 0.15) is 5.75 Å². The first kappa shape index (κ1) is 28.8. The number of amides is 2. The minimum absolute atomic E-state index is 0.115. The maximum Gasteiger partial charge on any atom is 0.260 e. The smallest absolute Gasteiger partial charge is 0.260 e. The monoisotopic (exact) mass is 500 g/mol. The first-order valence-corrected chi connectivity index (χ1v) is 13.6. The number of hydrogen-bond donors (Lipinski definition) is 0. The molecule has 2 aromatic rings. The lowest BCUT2D eigenvalue weighted by Crippen LogP contribution is -2.34. The fourth-order valence-electron chi connectivity index (χ4n) is 4.01. The van der Waals surface area contributed by atoms with Crippen LogP contribution in [0.1, 0.15) is 107 Å². The molecule has 192 valence electrons. The lowest BCUT2D eigenvalue weighted by atomic mass is 10.1. The zero-order chi connectivity index (χ0) is 25.3. The Labute approximate surface area is 216 Å². The molecule has 2 rings (SSSR count). The second-order valence-electron chi connectivity index (χ2n) is 9.11. The summed E-state index contributed by atoms with van der Waals surface area (Å²) in [5.41, 5.74) is 0.989. The Morgan fingerprint density at radius 3 is 2.06 bits per heavy atom. The van der Waals surface area contributed by atoms with Crippen molar-refractivity contribution in [1.29, 1.82) is 0 Å². The van der Waals surface area contributed by atoms with Gasteiger partial charge in [0.05, 0.1) is 23.9 Å². The number of imide groups is 1. The van der Waals surface area contributed by atoms with E-state index in [0.29, 0.717) is 28.6 Å². The molecule has 1 heterocycles. The Kier molecular flexibility index (Phi) is 14.1. The lowest BCUT2D eigenvalue weighted by Gasteiger charge is -2.19. The van der Waals surface area contributed by atoms with Crippen LogP contribution in [0.3, 0.4) is 0 Å². The Morgan fingerprint density at radius 2 is 1.51 bits per heavy atom. The highest BCUT2D eigenvalue weighted by Crippen LogP contribution is 2.27. The molecule has 0 aliphatic rings. The molecule has 1 aromatic carbocycles. The lowest BCUT2D eigenvalue weighted by molar-refractivity contribution is -0.126. The van der Waals surface area contributed by atoms with Gasteiger partial charge in [-0.05, 0) is 36.8 Å². The number of halogens is 1. The molecule has 0 saturated heterocycles. The average molecular weight is 501 g/mol. The summed E-state index contributed by atoms with van der Waals surface area (Å²) in [4.78, 5) is 30.4. The SMILES string of the molecule is CCCCCCCCCCCCCCOc1ccc(C(=O)N(Cc2ccccn2)C(C)=O)cc1Cl.